The summed E-state index contributed by atoms with van der Waals surface area (Å²) < 4.78 is 5.83. The molecule has 0 spiro atoms. The molecule has 1 aromatic heterocycles. The fourth-order valence-corrected chi connectivity index (χ4v) is 3.58. The molecule has 162 valence electrons. The van der Waals surface area contributed by atoms with E-state index in [1.165, 1.54) is 12.1 Å². The molecule has 1 atom stereocenters. The quantitative estimate of drug-likeness (QED) is 0.476. The summed E-state index contributed by atoms with van der Waals surface area (Å²) in [7, 11) is 0. The molecule has 0 aliphatic carbocycles. The lowest BCUT2D eigenvalue weighted by atomic mass is 10.2. The van der Waals surface area contributed by atoms with Crippen molar-refractivity contribution < 1.29 is 14.1 Å². The number of aromatic nitrogens is 2. The Morgan fingerprint density at radius 3 is 2.37 bits per heavy atom. The van der Waals surface area contributed by atoms with Crippen molar-refractivity contribution in [2.75, 3.05) is 45.8 Å². The van der Waals surface area contributed by atoms with Crippen LogP contribution in [0.4, 0.5) is 5.69 Å². The van der Waals surface area contributed by atoms with Gasteiger partial charge in [0.25, 0.3) is 5.69 Å². The molecule has 30 heavy (non-hydrogen) atoms. The predicted molar refractivity (Wildman–Crippen MR) is 111 cm³/mol. The summed E-state index contributed by atoms with van der Waals surface area (Å²) in [4.78, 5) is 28.9. The average Bonchev–Trinajstić information content (AvgIpc) is 3.25. The fraction of sp³-hybridized carbons (Fsp3) is 0.550. The summed E-state index contributed by atoms with van der Waals surface area (Å²) in [6, 6.07) is 5.99. The number of amides is 1. The van der Waals surface area contributed by atoms with Crippen LogP contribution in [0.15, 0.2) is 28.7 Å². The molecule has 2 heterocycles. The first-order valence-corrected chi connectivity index (χ1v) is 10.2. The zero-order chi connectivity index (χ0) is 21.7. The number of carbonyl (C=O) groups is 1. The van der Waals surface area contributed by atoms with Crippen molar-refractivity contribution in [3.05, 3.63) is 40.3 Å². The molecule has 0 saturated carbocycles. The SMILES string of the molecule is CCN(CC)C(=O)CN1CCN(C(C)c2nnc(-c3ccc([N+](=O)[O-])cc3)o2)CC1. The molecule has 1 saturated heterocycles. The molecule has 10 heteroatoms. The third kappa shape index (κ3) is 5.00. The van der Waals surface area contributed by atoms with E-state index < -0.39 is 4.92 Å². The van der Waals surface area contributed by atoms with Crippen LogP contribution in [0, 0.1) is 10.1 Å². The smallest absolute Gasteiger partial charge is 0.269 e. The van der Waals surface area contributed by atoms with Gasteiger partial charge in [0.05, 0.1) is 17.5 Å². The number of nitro groups is 1. The van der Waals surface area contributed by atoms with Gasteiger partial charge in [0.1, 0.15) is 0 Å². The van der Waals surface area contributed by atoms with Crippen LogP contribution >= 0.6 is 0 Å². The Kier molecular flexibility index (Phi) is 7.11. The number of hydrogen-bond donors (Lipinski definition) is 0. The van der Waals surface area contributed by atoms with E-state index >= 15 is 0 Å². The molecule has 0 radical (unpaired) electrons. The molecule has 3 rings (SSSR count). The zero-order valence-electron chi connectivity index (χ0n) is 17.7. The van der Waals surface area contributed by atoms with Crippen LogP contribution in [-0.4, -0.2) is 81.5 Å². The summed E-state index contributed by atoms with van der Waals surface area (Å²) >= 11 is 0. The first kappa shape index (κ1) is 21.8. The highest BCUT2D eigenvalue weighted by atomic mass is 16.6. The summed E-state index contributed by atoms with van der Waals surface area (Å²) in [6.07, 6.45) is 0. The van der Waals surface area contributed by atoms with E-state index in [9.17, 15) is 14.9 Å². The van der Waals surface area contributed by atoms with Crippen LogP contribution in [0.5, 0.6) is 0 Å². The maximum atomic E-state index is 12.3. The summed E-state index contributed by atoms with van der Waals surface area (Å²) in [5, 5.41) is 19.1. The third-order valence-corrected chi connectivity index (χ3v) is 5.55. The molecular formula is C20H28N6O4. The van der Waals surface area contributed by atoms with Gasteiger partial charge in [-0.25, -0.2) is 0 Å². The molecule has 0 bridgehead atoms. The van der Waals surface area contributed by atoms with E-state index in [1.54, 1.807) is 12.1 Å². The summed E-state index contributed by atoms with van der Waals surface area (Å²) in [6.45, 7) is 11.2. The maximum Gasteiger partial charge on any atom is 0.269 e. The Bertz CT molecular complexity index is 856. The highest BCUT2D eigenvalue weighted by Gasteiger charge is 2.27. The third-order valence-electron chi connectivity index (χ3n) is 5.55. The molecular weight excluding hydrogens is 388 g/mol. The highest BCUT2D eigenvalue weighted by molar-refractivity contribution is 5.78. The van der Waals surface area contributed by atoms with E-state index in [4.69, 9.17) is 4.42 Å². The van der Waals surface area contributed by atoms with Crippen molar-refractivity contribution in [1.82, 2.24) is 24.9 Å². The largest absolute Gasteiger partial charge is 0.419 e. The minimum Gasteiger partial charge on any atom is -0.419 e. The van der Waals surface area contributed by atoms with Gasteiger partial charge in [-0.2, -0.15) is 0 Å². The number of non-ortho nitro benzene ring substituents is 1. The fourth-order valence-electron chi connectivity index (χ4n) is 3.58. The molecule has 1 aromatic carbocycles. The van der Waals surface area contributed by atoms with Gasteiger partial charge < -0.3 is 9.32 Å². The van der Waals surface area contributed by atoms with Crippen LogP contribution < -0.4 is 0 Å². The zero-order valence-corrected chi connectivity index (χ0v) is 17.7. The number of benzene rings is 1. The average molecular weight is 416 g/mol. The van der Waals surface area contributed by atoms with Gasteiger partial charge in [0, 0.05) is 57.0 Å². The van der Waals surface area contributed by atoms with E-state index in [2.05, 4.69) is 20.0 Å². The van der Waals surface area contributed by atoms with Gasteiger partial charge in [-0.05, 0) is 32.9 Å². The predicted octanol–water partition coefficient (Wildman–Crippen LogP) is 2.19. The van der Waals surface area contributed by atoms with Crippen molar-refractivity contribution in [3.8, 4) is 11.5 Å². The van der Waals surface area contributed by atoms with Crippen molar-refractivity contribution in [1.29, 1.82) is 0 Å². The number of nitrogens with zero attached hydrogens (tertiary/aromatic N) is 6. The highest BCUT2D eigenvalue weighted by Crippen LogP contribution is 2.26. The van der Waals surface area contributed by atoms with Gasteiger partial charge in [0.2, 0.25) is 17.7 Å². The molecule has 1 aliphatic heterocycles. The maximum absolute atomic E-state index is 12.3. The Morgan fingerprint density at radius 2 is 1.80 bits per heavy atom. The second-order valence-electron chi connectivity index (χ2n) is 7.30. The molecule has 1 unspecified atom stereocenters. The van der Waals surface area contributed by atoms with Crippen LogP contribution in [0.2, 0.25) is 0 Å². The number of carbonyl (C=O) groups excluding carboxylic acids is 1. The summed E-state index contributed by atoms with van der Waals surface area (Å²) in [5.74, 6) is 1.03. The van der Waals surface area contributed by atoms with Gasteiger partial charge >= 0.3 is 0 Å². The Balaban J connectivity index is 1.56. The monoisotopic (exact) mass is 416 g/mol. The minimum atomic E-state index is -0.444. The standard InChI is InChI=1S/C20H28N6O4/c1-4-24(5-2)18(27)14-23-10-12-25(13-11-23)15(3)19-21-22-20(30-19)16-6-8-17(9-7-16)26(28)29/h6-9,15H,4-5,10-14H2,1-3H3. The first-order chi connectivity index (χ1) is 14.4. The molecule has 2 aromatic rings. The van der Waals surface area contributed by atoms with Gasteiger partial charge in [-0.3, -0.25) is 24.7 Å². The molecule has 10 nitrogen and oxygen atoms in total. The van der Waals surface area contributed by atoms with Crippen molar-refractivity contribution in [2.24, 2.45) is 0 Å². The van der Waals surface area contributed by atoms with Crippen LogP contribution in [0.3, 0.4) is 0 Å². The van der Waals surface area contributed by atoms with E-state index in [1.807, 2.05) is 25.7 Å². The number of rotatable bonds is 8. The Morgan fingerprint density at radius 1 is 1.17 bits per heavy atom. The van der Waals surface area contributed by atoms with E-state index in [0.717, 1.165) is 39.3 Å². The van der Waals surface area contributed by atoms with Crippen molar-refractivity contribution in [3.63, 3.8) is 0 Å². The summed E-state index contributed by atoms with van der Waals surface area (Å²) in [5.41, 5.74) is 0.662. The van der Waals surface area contributed by atoms with Crippen LogP contribution in [-0.2, 0) is 4.79 Å². The topological polar surface area (TPSA) is 109 Å². The number of nitro benzene ring substituents is 1. The van der Waals surface area contributed by atoms with Crippen LogP contribution in [0.1, 0.15) is 32.7 Å². The molecule has 1 aliphatic rings. The first-order valence-electron chi connectivity index (χ1n) is 10.2. The van der Waals surface area contributed by atoms with Gasteiger partial charge in [-0.1, -0.05) is 0 Å². The lowest BCUT2D eigenvalue weighted by Gasteiger charge is -2.37. The lowest BCUT2D eigenvalue weighted by Crippen LogP contribution is -2.50. The van der Waals surface area contributed by atoms with E-state index in [-0.39, 0.29) is 17.6 Å². The minimum absolute atomic E-state index is 0.0178. The van der Waals surface area contributed by atoms with Gasteiger partial charge in [-0.15, -0.1) is 10.2 Å². The number of likely N-dealkylation sites (N-methyl/N-ethyl adjacent to an activating group) is 1. The second kappa shape index (κ2) is 9.77. The Labute approximate surface area is 175 Å². The van der Waals surface area contributed by atoms with Crippen molar-refractivity contribution >= 4 is 11.6 Å². The number of piperazine rings is 1. The normalized spacial score (nSPS) is 16.4. The van der Waals surface area contributed by atoms with E-state index in [0.29, 0.717) is 23.9 Å². The van der Waals surface area contributed by atoms with Crippen molar-refractivity contribution in [2.45, 2.75) is 26.8 Å². The lowest BCUT2D eigenvalue weighted by molar-refractivity contribution is -0.384. The Hall–Kier alpha value is -2.85. The molecule has 0 N–H and O–H groups in total. The van der Waals surface area contributed by atoms with Gasteiger partial charge in [0.15, 0.2) is 0 Å². The number of hydrogen-bond acceptors (Lipinski definition) is 8. The molecule has 1 fully saturated rings. The second-order valence-corrected chi connectivity index (χ2v) is 7.30. The molecule has 1 amide bonds. The van der Waals surface area contributed by atoms with Crippen LogP contribution in [0.25, 0.3) is 11.5 Å².